The van der Waals surface area contributed by atoms with Gasteiger partial charge in [-0.15, -0.1) is 0 Å². The minimum absolute atomic E-state index is 0.756. The normalized spacial score (nSPS) is 19.2. The van der Waals surface area contributed by atoms with Crippen LogP contribution in [0.15, 0.2) is 18.2 Å². The Hall–Kier alpha value is -1.22. The van der Waals surface area contributed by atoms with E-state index in [9.17, 15) is 0 Å². The van der Waals surface area contributed by atoms with Gasteiger partial charge in [-0.3, -0.25) is 0 Å². The summed E-state index contributed by atoms with van der Waals surface area (Å²) in [6.45, 7) is 3.56. The van der Waals surface area contributed by atoms with Gasteiger partial charge < -0.3 is 14.8 Å². The molecule has 0 aromatic heterocycles. The van der Waals surface area contributed by atoms with Gasteiger partial charge in [-0.1, -0.05) is 38.2 Å². The van der Waals surface area contributed by atoms with E-state index in [4.69, 9.17) is 9.47 Å². The molecular weight excluding hydrogens is 262 g/mol. The molecule has 0 unspecified atom stereocenters. The molecule has 2 aliphatic rings. The Kier molecular flexibility index (Phi) is 5.39. The summed E-state index contributed by atoms with van der Waals surface area (Å²) in [5, 5.41) is 3.58. The van der Waals surface area contributed by atoms with E-state index in [0.717, 1.165) is 50.1 Å². The first-order chi connectivity index (χ1) is 10.4. The highest BCUT2D eigenvalue weighted by molar-refractivity contribution is 5.43. The van der Waals surface area contributed by atoms with E-state index in [1.807, 2.05) is 6.07 Å². The van der Waals surface area contributed by atoms with Gasteiger partial charge in [-0.2, -0.15) is 0 Å². The Bertz CT molecular complexity index is 441. The van der Waals surface area contributed by atoms with E-state index in [2.05, 4.69) is 17.4 Å². The zero-order chi connectivity index (χ0) is 14.3. The lowest BCUT2D eigenvalue weighted by Gasteiger charge is -2.21. The van der Waals surface area contributed by atoms with E-state index >= 15 is 0 Å². The number of rotatable bonds is 5. The molecule has 116 valence electrons. The third-order valence-electron chi connectivity index (χ3n) is 4.60. The molecule has 1 aromatic carbocycles. The fraction of sp³-hybridized carbons (Fsp3) is 0.667. The molecule has 1 saturated carbocycles. The third-order valence-corrected chi connectivity index (χ3v) is 4.60. The van der Waals surface area contributed by atoms with Crippen molar-refractivity contribution in [3.05, 3.63) is 23.8 Å². The average Bonchev–Trinajstić information content (AvgIpc) is 2.77. The Morgan fingerprint density at radius 1 is 0.952 bits per heavy atom. The summed E-state index contributed by atoms with van der Waals surface area (Å²) in [6, 6.07) is 6.30. The lowest BCUT2D eigenvalue weighted by Crippen LogP contribution is -2.19. The smallest absolute Gasteiger partial charge is 0.161 e. The predicted molar refractivity (Wildman–Crippen MR) is 84.9 cm³/mol. The molecule has 0 atom stereocenters. The van der Waals surface area contributed by atoms with E-state index in [1.165, 1.54) is 44.1 Å². The summed E-state index contributed by atoms with van der Waals surface area (Å²) >= 11 is 0. The summed E-state index contributed by atoms with van der Waals surface area (Å²) < 4.78 is 11.4. The standard InChI is InChI=1S/C18H27NO2/c1-2-5-15(6-3-1)9-10-19-14-16-7-8-17-18(13-16)21-12-4-11-20-17/h7-8,13,15,19H,1-6,9-12,14H2. The van der Waals surface area contributed by atoms with E-state index < -0.39 is 0 Å². The lowest BCUT2D eigenvalue weighted by atomic mass is 9.87. The van der Waals surface area contributed by atoms with Crippen molar-refractivity contribution >= 4 is 0 Å². The first-order valence-electron chi connectivity index (χ1n) is 8.51. The van der Waals surface area contributed by atoms with Gasteiger partial charge in [0.05, 0.1) is 13.2 Å². The molecule has 1 N–H and O–H groups in total. The van der Waals surface area contributed by atoms with Gasteiger partial charge in [-0.05, 0) is 36.6 Å². The van der Waals surface area contributed by atoms with Gasteiger partial charge in [0.1, 0.15) is 0 Å². The summed E-state index contributed by atoms with van der Waals surface area (Å²) in [5.74, 6) is 2.74. The first-order valence-corrected chi connectivity index (χ1v) is 8.51. The topological polar surface area (TPSA) is 30.5 Å². The van der Waals surface area contributed by atoms with Gasteiger partial charge in [0, 0.05) is 13.0 Å². The molecule has 3 rings (SSSR count). The van der Waals surface area contributed by atoms with Crippen LogP contribution in [0.4, 0.5) is 0 Å². The molecule has 21 heavy (non-hydrogen) atoms. The van der Waals surface area contributed by atoms with Crippen LogP contribution in [0, 0.1) is 5.92 Å². The number of nitrogens with one attached hydrogen (secondary N) is 1. The monoisotopic (exact) mass is 289 g/mol. The molecule has 0 bridgehead atoms. The molecule has 3 nitrogen and oxygen atoms in total. The van der Waals surface area contributed by atoms with Gasteiger partial charge in [0.15, 0.2) is 11.5 Å². The number of benzene rings is 1. The van der Waals surface area contributed by atoms with E-state index in [0.29, 0.717) is 0 Å². The van der Waals surface area contributed by atoms with Crippen LogP contribution in [0.1, 0.15) is 50.5 Å². The van der Waals surface area contributed by atoms with Crippen molar-refractivity contribution in [1.29, 1.82) is 0 Å². The molecule has 1 fully saturated rings. The van der Waals surface area contributed by atoms with Crippen LogP contribution in [-0.2, 0) is 6.54 Å². The number of hydrogen-bond donors (Lipinski definition) is 1. The molecular formula is C18H27NO2. The fourth-order valence-corrected chi connectivity index (χ4v) is 3.33. The number of ether oxygens (including phenoxy) is 2. The molecule has 3 heteroatoms. The largest absolute Gasteiger partial charge is 0.490 e. The van der Waals surface area contributed by atoms with Crippen LogP contribution >= 0.6 is 0 Å². The van der Waals surface area contributed by atoms with Gasteiger partial charge in [0.2, 0.25) is 0 Å². The molecule has 0 spiro atoms. The molecule has 0 radical (unpaired) electrons. The second kappa shape index (κ2) is 7.69. The molecule has 0 saturated heterocycles. The minimum atomic E-state index is 0.756. The van der Waals surface area contributed by atoms with Crippen molar-refractivity contribution in [2.75, 3.05) is 19.8 Å². The highest BCUT2D eigenvalue weighted by atomic mass is 16.5. The molecule has 1 aliphatic carbocycles. The Balaban J connectivity index is 1.43. The van der Waals surface area contributed by atoms with Crippen molar-refractivity contribution in [3.8, 4) is 11.5 Å². The van der Waals surface area contributed by atoms with E-state index in [-0.39, 0.29) is 0 Å². The Labute approximate surface area is 128 Å². The predicted octanol–water partition coefficient (Wildman–Crippen LogP) is 3.91. The molecule has 1 aromatic rings. The van der Waals surface area contributed by atoms with Crippen LogP contribution in [0.3, 0.4) is 0 Å². The van der Waals surface area contributed by atoms with Crippen molar-refractivity contribution in [2.45, 2.75) is 51.5 Å². The average molecular weight is 289 g/mol. The zero-order valence-electron chi connectivity index (χ0n) is 12.9. The minimum Gasteiger partial charge on any atom is -0.490 e. The quantitative estimate of drug-likeness (QED) is 0.834. The second-order valence-electron chi connectivity index (χ2n) is 6.30. The molecule has 1 aliphatic heterocycles. The van der Waals surface area contributed by atoms with Crippen LogP contribution in [0.25, 0.3) is 0 Å². The van der Waals surface area contributed by atoms with Crippen molar-refractivity contribution in [1.82, 2.24) is 5.32 Å². The summed E-state index contributed by atoms with van der Waals surface area (Å²) in [4.78, 5) is 0. The van der Waals surface area contributed by atoms with Crippen LogP contribution in [-0.4, -0.2) is 19.8 Å². The second-order valence-corrected chi connectivity index (χ2v) is 6.30. The summed E-state index contributed by atoms with van der Waals surface area (Å²) in [5.41, 5.74) is 1.28. The van der Waals surface area contributed by atoms with Crippen molar-refractivity contribution in [3.63, 3.8) is 0 Å². The van der Waals surface area contributed by atoms with Gasteiger partial charge >= 0.3 is 0 Å². The number of fused-ring (bicyclic) bond motifs is 1. The number of hydrogen-bond acceptors (Lipinski definition) is 3. The molecule has 1 heterocycles. The summed E-state index contributed by atoms with van der Waals surface area (Å²) in [7, 11) is 0. The highest BCUT2D eigenvalue weighted by Gasteiger charge is 2.13. The van der Waals surface area contributed by atoms with E-state index in [1.54, 1.807) is 0 Å². The first kappa shape index (κ1) is 14.7. The van der Waals surface area contributed by atoms with Crippen molar-refractivity contribution in [2.24, 2.45) is 5.92 Å². The Morgan fingerprint density at radius 3 is 2.62 bits per heavy atom. The van der Waals surface area contributed by atoms with Crippen LogP contribution in [0.5, 0.6) is 11.5 Å². The fourth-order valence-electron chi connectivity index (χ4n) is 3.33. The van der Waals surface area contributed by atoms with Gasteiger partial charge in [0.25, 0.3) is 0 Å². The third kappa shape index (κ3) is 4.37. The maximum atomic E-state index is 5.74. The van der Waals surface area contributed by atoms with Gasteiger partial charge in [-0.25, -0.2) is 0 Å². The summed E-state index contributed by atoms with van der Waals surface area (Å²) in [6.07, 6.45) is 9.48. The highest BCUT2D eigenvalue weighted by Crippen LogP contribution is 2.30. The molecule has 0 amide bonds. The Morgan fingerprint density at radius 2 is 1.76 bits per heavy atom. The maximum Gasteiger partial charge on any atom is 0.161 e. The SMILES string of the molecule is c1cc2c(cc1CNCCC1CCCCC1)OCCCO2. The van der Waals surface area contributed by atoms with Crippen LogP contribution in [0.2, 0.25) is 0 Å². The maximum absolute atomic E-state index is 5.74. The lowest BCUT2D eigenvalue weighted by molar-refractivity contribution is 0.297. The zero-order valence-corrected chi connectivity index (χ0v) is 12.9. The van der Waals surface area contributed by atoms with Crippen LogP contribution < -0.4 is 14.8 Å². The van der Waals surface area contributed by atoms with Crippen molar-refractivity contribution < 1.29 is 9.47 Å².